The van der Waals surface area contributed by atoms with Gasteiger partial charge in [-0.15, -0.1) is 0 Å². The molecule has 0 aromatic heterocycles. The minimum absolute atomic E-state index is 0.159. The Hall–Kier alpha value is -0.610. The third kappa shape index (κ3) is 2.95. The molecule has 16 heavy (non-hydrogen) atoms. The van der Waals surface area contributed by atoms with E-state index in [4.69, 9.17) is 0 Å². The van der Waals surface area contributed by atoms with Gasteiger partial charge < -0.3 is 10.0 Å². The smallest absolute Gasteiger partial charge is 0.236 e. The predicted octanol–water partition coefficient (Wildman–Crippen LogP) is 0.557. The van der Waals surface area contributed by atoms with E-state index in [9.17, 15) is 9.90 Å². The van der Waals surface area contributed by atoms with Crippen molar-refractivity contribution in [1.82, 2.24) is 9.80 Å². The summed E-state index contributed by atoms with van der Waals surface area (Å²) in [6.45, 7) is 9.21. The van der Waals surface area contributed by atoms with Gasteiger partial charge in [-0.05, 0) is 32.7 Å². The highest BCUT2D eigenvalue weighted by Crippen LogP contribution is 2.23. The van der Waals surface area contributed by atoms with Gasteiger partial charge >= 0.3 is 0 Å². The van der Waals surface area contributed by atoms with Crippen LogP contribution in [0.2, 0.25) is 0 Å². The van der Waals surface area contributed by atoms with Crippen molar-refractivity contribution in [1.29, 1.82) is 0 Å². The maximum absolute atomic E-state index is 11.9. The van der Waals surface area contributed by atoms with E-state index in [1.165, 1.54) is 0 Å². The van der Waals surface area contributed by atoms with E-state index in [-0.39, 0.29) is 18.6 Å². The van der Waals surface area contributed by atoms with Crippen LogP contribution < -0.4 is 0 Å². The number of amides is 1. The lowest BCUT2D eigenvalue weighted by atomic mass is 10.0. The average molecular weight is 228 g/mol. The second-order valence-electron chi connectivity index (χ2n) is 4.55. The van der Waals surface area contributed by atoms with Crippen LogP contribution in [0.3, 0.4) is 0 Å². The third-order valence-electron chi connectivity index (χ3n) is 3.64. The SMILES string of the molecule is CCN(CC)C(=O)CN1CCC(C)C1CO. The van der Waals surface area contributed by atoms with Crippen molar-refractivity contribution in [2.45, 2.75) is 33.2 Å². The number of aliphatic hydroxyl groups is 1. The summed E-state index contributed by atoms with van der Waals surface area (Å²) < 4.78 is 0. The standard InChI is InChI=1S/C12H24N2O2/c1-4-13(5-2)12(16)8-14-7-6-10(3)11(14)9-15/h10-11,15H,4-9H2,1-3H3. The van der Waals surface area contributed by atoms with Gasteiger partial charge in [-0.1, -0.05) is 6.92 Å². The van der Waals surface area contributed by atoms with E-state index in [2.05, 4.69) is 11.8 Å². The number of rotatable bonds is 5. The molecule has 1 amide bonds. The number of hydrogen-bond acceptors (Lipinski definition) is 3. The van der Waals surface area contributed by atoms with Crippen LogP contribution in [-0.2, 0) is 4.79 Å². The number of nitrogens with zero attached hydrogens (tertiary/aromatic N) is 2. The maximum Gasteiger partial charge on any atom is 0.236 e. The fourth-order valence-corrected chi connectivity index (χ4v) is 2.43. The Labute approximate surface area is 98.2 Å². The lowest BCUT2D eigenvalue weighted by Gasteiger charge is -2.27. The summed E-state index contributed by atoms with van der Waals surface area (Å²) in [4.78, 5) is 15.9. The third-order valence-corrected chi connectivity index (χ3v) is 3.64. The number of hydrogen-bond donors (Lipinski definition) is 1. The second-order valence-corrected chi connectivity index (χ2v) is 4.55. The highest BCUT2D eigenvalue weighted by atomic mass is 16.3. The van der Waals surface area contributed by atoms with Crippen molar-refractivity contribution < 1.29 is 9.90 Å². The summed E-state index contributed by atoms with van der Waals surface area (Å²) in [5.41, 5.74) is 0. The highest BCUT2D eigenvalue weighted by molar-refractivity contribution is 5.78. The fourth-order valence-electron chi connectivity index (χ4n) is 2.43. The first-order valence-corrected chi connectivity index (χ1v) is 6.26. The van der Waals surface area contributed by atoms with E-state index >= 15 is 0 Å². The molecule has 1 fully saturated rings. The molecule has 2 unspecified atom stereocenters. The van der Waals surface area contributed by atoms with E-state index in [0.717, 1.165) is 26.1 Å². The number of likely N-dealkylation sites (tertiary alicyclic amines) is 1. The van der Waals surface area contributed by atoms with Crippen LogP contribution in [0.15, 0.2) is 0 Å². The Morgan fingerprint density at radius 2 is 2.06 bits per heavy atom. The summed E-state index contributed by atoms with van der Waals surface area (Å²) in [5.74, 6) is 0.673. The van der Waals surface area contributed by atoms with Crippen LogP contribution >= 0.6 is 0 Å². The minimum atomic E-state index is 0.159. The van der Waals surface area contributed by atoms with Crippen molar-refractivity contribution in [3.05, 3.63) is 0 Å². The topological polar surface area (TPSA) is 43.8 Å². The molecule has 1 heterocycles. The zero-order chi connectivity index (χ0) is 12.1. The lowest BCUT2D eigenvalue weighted by molar-refractivity contribution is -0.132. The molecule has 0 radical (unpaired) electrons. The van der Waals surface area contributed by atoms with Gasteiger partial charge in [0.1, 0.15) is 0 Å². The summed E-state index contributed by atoms with van der Waals surface area (Å²) in [6.07, 6.45) is 1.08. The molecule has 1 aliphatic rings. The number of carbonyl (C=O) groups is 1. The number of likely N-dealkylation sites (N-methyl/N-ethyl adjacent to an activating group) is 1. The van der Waals surface area contributed by atoms with Crippen LogP contribution in [0.5, 0.6) is 0 Å². The normalized spacial score (nSPS) is 26.0. The Morgan fingerprint density at radius 1 is 1.44 bits per heavy atom. The molecule has 0 saturated carbocycles. The molecule has 94 valence electrons. The first kappa shape index (κ1) is 13.5. The number of aliphatic hydroxyl groups excluding tert-OH is 1. The van der Waals surface area contributed by atoms with E-state index < -0.39 is 0 Å². The van der Waals surface area contributed by atoms with Crippen LogP contribution in [0.25, 0.3) is 0 Å². The van der Waals surface area contributed by atoms with Crippen molar-refractivity contribution in [2.75, 3.05) is 32.8 Å². The zero-order valence-corrected chi connectivity index (χ0v) is 10.6. The molecule has 0 spiro atoms. The summed E-state index contributed by atoms with van der Waals surface area (Å²) in [6, 6.07) is 0.166. The van der Waals surface area contributed by atoms with Gasteiger partial charge in [0.05, 0.1) is 13.2 Å². The van der Waals surface area contributed by atoms with Gasteiger partial charge in [0.15, 0.2) is 0 Å². The molecular weight excluding hydrogens is 204 g/mol. The first-order valence-electron chi connectivity index (χ1n) is 6.26. The van der Waals surface area contributed by atoms with Gasteiger partial charge in [-0.25, -0.2) is 0 Å². The van der Waals surface area contributed by atoms with Gasteiger partial charge in [0.25, 0.3) is 0 Å². The van der Waals surface area contributed by atoms with Gasteiger partial charge in [-0.2, -0.15) is 0 Å². The Kier molecular flexibility index (Phi) is 5.22. The second kappa shape index (κ2) is 6.21. The Bertz CT molecular complexity index is 229. The monoisotopic (exact) mass is 228 g/mol. The molecule has 0 aromatic rings. The van der Waals surface area contributed by atoms with Crippen LogP contribution in [0, 0.1) is 5.92 Å². The lowest BCUT2D eigenvalue weighted by Crippen LogP contribution is -2.44. The van der Waals surface area contributed by atoms with E-state index in [0.29, 0.717) is 12.5 Å². The van der Waals surface area contributed by atoms with E-state index in [1.807, 2.05) is 18.7 Å². The molecule has 1 rings (SSSR count). The highest BCUT2D eigenvalue weighted by Gasteiger charge is 2.32. The molecule has 0 bridgehead atoms. The molecular formula is C12H24N2O2. The summed E-state index contributed by atoms with van der Waals surface area (Å²) in [5, 5.41) is 9.31. The summed E-state index contributed by atoms with van der Waals surface area (Å²) in [7, 11) is 0. The molecule has 1 N–H and O–H groups in total. The van der Waals surface area contributed by atoms with E-state index in [1.54, 1.807) is 0 Å². The van der Waals surface area contributed by atoms with Crippen molar-refractivity contribution in [3.63, 3.8) is 0 Å². The maximum atomic E-state index is 11.9. The average Bonchev–Trinajstić information content (AvgIpc) is 2.61. The van der Waals surface area contributed by atoms with Gasteiger partial charge in [0.2, 0.25) is 5.91 Å². The molecule has 0 aromatic carbocycles. The van der Waals surface area contributed by atoms with Crippen LogP contribution in [-0.4, -0.2) is 59.6 Å². The van der Waals surface area contributed by atoms with Crippen molar-refractivity contribution in [3.8, 4) is 0 Å². The number of carbonyl (C=O) groups excluding carboxylic acids is 1. The van der Waals surface area contributed by atoms with Crippen molar-refractivity contribution >= 4 is 5.91 Å². The quantitative estimate of drug-likeness (QED) is 0.747. The van der Waals surface area contributed by atoms with Crippen LogP contribution in [0.1, 0.15) is 27.2 Å². The van der Waals surface area contributed by atoms with Crippen molar-refractivity contribution in [2.24, 2.45) is 5.92 Å². The molecule has 1 aliphatic heterocycles. The molecule has 0 aliphatic carbocycles. The summed E-state index contributed by atoms with van der Waals surface area (Å²) >= 11 is 0. The fraction of sp³-hybridized carbons (Fsp3) is 0.917. The zero-order valence-electron chi connectivity index (χ0n) is 10.6. The molecule has 2 atom stereocenters. The van der Waals surface area contributed by atoms with Crippen LogP contribution in [0.4, 0.5) is 0 Å². The largest absolute Gasteiger partial charge is 0.395 e. The van der Waals surface area contributed by atoms with Gasteiger partial charge in [0, 0.05) is 19.1 Å². The van der Waals surface area contributed by atoms with Gasteiger partial charge in [-0.3, -0.25) is 9.69 Å². The Balaban J connectivity index is 2.50. The molecule has 4 heteroatoms. The molecule has 4 nitrogen and oxygen atoms in total. The molecule has 1 saturated heterocycles. The Morgan fingerprint density at radius 3 is 2.56 bits per heavy atom. The predicted molar refractivity (Wildman–Crippen MR) is 64.2 cm³/mol. The first-order chi connectivity index (χ1) is 7.63. The minimum Gasteiger partial charge on any atom is -0.395 e.